The second-order valence-corrected chi connectivity index (χ2v) is 8.72. The Bertz CT molecular complexity index is 1390. The molecule has 4 aromatic rings. The molecule has 1 heterocycles. The van der Waals surface area contributed by atoms with Gasteiger partial charge in [-0.25, -0.2) is 4.39 Å². The number of hydrogen-bond donors (Lipinski definition) is 1. The van der Waals surface area contributed by atoms with E-state index >= 15 is 0 Å². The van der Waals surface area contributed by atoms with Gasteiger partial charge in [0.15, 0.2) is 0 Å². The number of nitrogens with zero attached hydrogens (tertiary/aromatic N) is 2. The van der Waals surface area contributed by atoms with E-state index in [4.69, 9.17) is 9.84 Å². The van der Waals surface area contributed by atoms with Gasteiger partial charge in [-0.15, -0.1) is 0 Å². The van der Waals surface area contributed by atoms with Crippen LogP contribution < -0.4 is 10.1 Å². The van der Waals surface area contributed by atoms with Gasteiger partial charge < -0.3 is 10.1 Å². The largest absolute Gasteiger partial charge is 0.407 e. The average Bonchev–Trinajstić information content (AvgIpc) is 3.62. The summed E-state index contributed by atoms with van der Waals surface area (Å²) < 4.78 is 20.5. The van der Waals surface area contributed by atoms with Gasteiger partial charge in [-0.05, 0) is 73.9 Å². The Labute approximate surface area is 202 Å². The van der Waals surface area contributed by atoms with Crippen molar-refractivity contribution in [2.24, 2.45) is 0 Å². The molecule has 1 aromatic heterocycles. The van der Waals surface area contributed by atoms with E-state index in [-0.39, 0.29) is 5.91 Å². The van der Waals surface area contributed by atoms with Crippen LogP contribution in [-0.2, 0) is 4.79 Å². The predicted molar refractivity (Wildman–Crippen MR) is 131 cm³/mol. The number of esters is 1. The molecular formula is C28H24FN3O3. The molecule has 5 rings (SSSR count). The molecule has 0 atom stereocenters. The molecule has 1 fully saturated rings. The van der Waals surface area contributed by atoms with Crippen LogP contribution in [0.3, 0.4) is 0 Å². The number of hydrogen-bond acceptors (Lipinski definition) is 4. The van der Waals surface area contributed by atoms with E-state index in [0.29, 0.717) is 23.0 Å². The van der Waals surface area contributed by atoms with Gasteiger partial charge in [0, 0.05) is 24.1 Å². The fourth-order valence-corrected chi connectivity index (χ4v) is 3.95. The van der Waals surface area contributed by atoms with Crippen molar-refractivity contribution >= 4 is 17.6 Å². The number of carbonyl (C=O) groups excluding carboxylic acids is 2. The molecule has 6 nitrogen and oxygen atoms in total. The SMILES string of the molecule is CC(=O)Oc1c(-c2ccc(NC(=O)c3ccc(F)cc3)cc2)c(C2CC2)nn1-c1ccc(C)cc1. The first-order chi connectivity index (χ1) is 16.9. The molecule has 1 saturated carbocycles. The van der Waals surface area contributed by atoms with E-state index in [1.54, 1.807) is 16.8 Å². The number of carbonyl (C=O) groups is 2. The van der Waals surface area contributed by atoms with Crippen LogP contribution in [0.4, 0.5) is 10.1 Å². The molecule has 1 aliphatic carbocycles. The molecule has 35 heavy (non-hydrogen) atoms. The molecule has 0 unspecified atom stereocenters. The standard InChI is InChI=1S/C28H24FN3O3/c1-17-3-15-24(16-4-17)32-28(35-18(2)33)25(26(31-32)20-5-6-20)19-9-13-23(14-10-19)30-27(34)21-7-11-22(29)12-8-21/h3-4,7-16,20H,5-6H2,1-2H3,(H,30,34). The Balaban J connectivity index is 1.50. The lowest BCUT2D eigenvalue weighted by atomic mass is 10.0. The van der Waals surface area contributed by atoms with Crippen LogP contribution in [0.1, 0.15) is 47.3 Å². The number of halogens is 1. The highest BCUT2D eigenvalue weighted by molar-refractivity contribution is 6.04. The van der Waals surface area contributed by atoms with E-state index in [1.807, 2.05) is 43.3 Å². The highest BCUT2D eigenvalue weighted by atomic mass is 19.1. The minimum Gasteiger partial charge on any atom is -0.407 e. The summed E-state index contributed by atoms with van der Waals surface area (Å²) >= 11 is 0. The van der Waals surface area contributed by atoms with Crippen molar-refractivity contribution in [1.29, 1.82) is 0 Å². The first-order valence-corrected chi connectivity index (χ1v) is 11.4. The lowest BCUT2D eigenvalue weighted by molar-refractivity contribution is -0.132. The number of rotatable bonds is 6. The number of aromatic nitrogens is 2. The van der Waals surface area contributed by atoms with E-state index < -0.39 is 11.8 Å². The molecular weight excluding hydrogens is 445 g/mol. The maximum absolute atomic E-state index is 13.1. The number of nitrogens with one attached hydrogen (secondary N) is 1. The van der Waals surface area contributed by atoms with Gasteiger partial charge in [0.05, 0.1) is 16.9 Å². The minimum absolute atomic E-state index is 0.309. The first kappa shape index (κ1) is 22.5. The Kier molecular flexibility index (Phi) is 5.91. The van der Waals surface area contributed by atoms with Gasteiger partial charge >= 0.3 is 5.97 Å². The van der Waals surface area contributed by atoms with Gasteiger partial charge in [-0.2, -0.15) is 9.78 Å². The topological polar surface area (TPSA) is 73.2 Å². The second kappa shape index (κ2) is 9.18. The fraction of sp³-hybridized carbons (Fsp3) is 0.179. The van der Waals surface area contributed by atoms with Crippen LogP contribution in [0.5, 0.6) is 5.88 Å². The molecule has 0 radical (unpaired) electrons. The van der Waals surface area contributed by atoms with Crippen molar-refractivity contribution in [3.05, 3.63) is 95.4 Å². The Morgan fingerprint density at radius 3 is 2.23 bits per heavy atom. The molecule has 176 valence electrons. The fourth-order valence-electron chi connectivity index (χ4n) is 3.95. The molecule has 0 aliphatic heterocycles. The molecule has 1 amide bonds. The average molecular weight is 470 g/mol. The van der Waals surface area contributed by atoms with E-state index in [9.17, 15) is 14.0 Å². The van der Waals surface area contributed by atoms with Crippen molar-refractivity contribution in [1.82, 2.24) is 9.78 Å². The normalized spacial score (nSPS) is 12.9. The lowest BCUT2D eigenvalue weighted by Gasteiger charge is -2.10. The summed E-state index contributed by atoms with van der Waals surface area (Å²) in [4.78, 5) is 24.5. The van der Waals surface area contributed by atoms with Crippen LogP contribution in [0.15, 0.2) is 72.8 Å². The quantitative estimate of drug-likeness (QED) is 0.349. The molecule has 3 aromatic carbocycles. The van der Waals surface area contributed by atoms with Crippen LogP contribution in [0.2, 0.25) is 0 Å². The number of anilines is 1. The summed E-state index contributed by atoms with van der Waals surface area (Å²) in [7, 11) is 0. The summed E-state index contributed by atoms with van der Waals surface area (Å²) in [5.41, 5.74) is 5.39. The zero-order valence-electron chi connectivity index (χ0n) is 19.4. The zero-order valence-corrected chi connectivity index (χ0v) is 19.4. The van der Waals surface area contributed by atoms with Gasteiger partial charge in [0.1, 0.15) is 5.82 Å². The zero-order chi connectivity index (χ0) is 24.5. The first-order valence-electron chi connectivity index (χ1n) is 11.4. The predicted octanol–water partition coefficient (Wildman–Crippen LogP) is 6.04. The number of ether oxygens (including phenoxy) is 1. The minimum atomic E-state index is -0.426. The van der Waals surface area contributed by atoms with E-state index in [0.717, 1.165) is 40.9 Å². The highest BCUT2D eigenvalue weighted by Gasteiger charge is 2.34. The van der Waals surface area contributed by atoms with Crippen molar-refractivity contribution in [3.63, 3.8) is 0 Å². The van der Waals surface area contributed by atoms with Gasteiger partial charge in [-0.3, -0.25) is 9.59 Å². The maximum Gasteiger partial charge on any atom is 0.309 e. The molecule has 1 aliphatic rings. The molecule has 0 bridgehead atoms. The summed E-state index contributed by atoms with van der Waals surface area (Å²) in [5.74, 6) is -0.461. The second-order valence-electron chi connectivity index (χ2n) is 8.72. The lowest BCUT2D eigenvalue weighted by Crippen LogP contribution is -2.11. The van der Waals surface area contributed by atoms with Crippen molar-refractivity contribution in [2.75, 3.05) is 5.32 Å². The Morgan fingerprint density at radius 1 is 0.971 bits per heavy atom. The van der Waals surface area contributed by atoms with E-state index in [1.165, 1.54) is 31.2 Å². The molecule has 7 heteroatoms. The van der Waals surface area contributed by atoms with Crippen LogP contribution in [0, 0.1) is 12.7 Å². The number of amides is 1. The number of aryl methyl sites for hydroxylation is 1. The third kappa shape index (κ3) is 4.84. The summed E-state index contributed by atoms with van der Waals surface area (Å²) in [5, 5.41) is 7.68. The van der Waals surface area contributed by atoms with Crippen LogP contribution in [-0.4, -0.2) is 21.7 Å². The third-order valence-corrected chi connectivity index (χ3v) is 5.89. The van der Waals surface area contributed by atoms with Gasteiger partial charge in [0.25, 0.3) is 5.91 Å². The smallest absolute Gasteiger partial charge is 0.309 e. The van der Waals surface area contributed by atoms with Crippen LogP contribution in [0.25, 0.3) is 16.8 Å². The molecule has 1 N–H and O–H groups in total. The van der Waals surface area contributed by atoms with Gasteiger partial charge in [-0.1, -0.05) is 29.8 Å². The highest BCUT2D eigenvalue weighted by Crippen LogP contribution is 2.48. The number of benzene rings is 3. The maximum atomic E-state index is 13.1. The Hall–Kier alpha value is -4.26. The van der Waals surface area contributed by atoms with Gasteiger partial charge in [0.2, 0.25) is 5.88 Å². The van der Waals surface area contributed by atoms with E-state index in [2.05, 4.69) is 5.32 Å². The monoisotopic (exact) mass is 469 g/mol. The third-order valence-electron chi connectivity index (χ3n) is 5.89. The summed E-state index contributed by atoms with van der Waals surface area (Å²) in [6.07, 6.45) is 2.06. The summed E-state index contributed by atoms with van der Waals surface area (Å²) in [6.45, 7) is 3.39. The van der Waals surface area contributed by atoms with Crippen molar-refractivity contribution < 1.29 is 18.7 Å². The van der Waals surface area contributed by atoms with Crippen LogP contribution >= 0.6 is 0 Å². The Morgan fingerprint density at radius 2 is 1.63 bits per heavy atom. The molecule has 0 saturated heterocycles. The summed E-state index contributed by atoms with van der Waals surface area (Å²) in [6, 6.07) is 20.6. The van der Waals surface area contributed by atoms with Crippen molar-refractivity contribution in [2.45, 2.75) is 32.6 Å². The van der Waals surface area contributed by atoms with Crippen molar-refractivity contribution in [3.8, 4) is 22.7 Å². The molecule has 0 spiro atoms.